The van der Waals surface area contributed by atoms with E-state index in [1.54, 1.807) is 27.0 Å². The molecule has 49 heavy (non-hydrogen) atoms. The number of alkyl carbamates (subject to hydrolysis) is 1. The topological polar surface area (TPSA) is 149 Å². The van der Waals surface area contributed by atoms with Gasteiger partial charge in [0.05, 0.1) is 35.3 Å². The number of amides is 3. The van der Waals surface area contributed by atoms with Gasteiger partial charge in [-0.05, 0) is 70.0 Å². The number of pyridine rings is 2. The standard InChI is InChI=1S/C36H43N5O7S/c1-35(2,3)48-34(45)39-26-14-9-7-5-6-8-12-22-20-36(22,33(44)46-4)40-31(42)28-18-23(21-41(28)32(26)43)47-29-19-27(24-13-10-11-16-37-24)38-25-15-17-49-30(25)29/h8,10-13,15-17,19,22-23,26,28H,5-7,9,14,18,20-21H2,1-4H3,(H,39,45)(H,40,42)/t22-,23-,26+,28+,36-/m1/s1. The van der Waals surface area contributed by atoms with Crippen LogP contribution < -0.4 is 15.4 Å². The van der Waals surface area contributed by atoms with Gasteiger partial charge < -0.3 is 29.7 Å². The van der Waals surface area contributed by atoms with Crippen LogP contribution in [0, 0.1) is 5.92 Å². The van der Waals surface area contributed by atoms with E-state index < -0.39 is 53.2 Å². The Kier molecular flexibility index (Phi) is 9.91. The Hall–Kier alpha value is -4.52. The minimum absolute atomic E-state index is 0.0894. The Labute approximate surface area is 289 Å². The van der Waals surface area contributed by atoms with Crippen molar-refractivity contribution in [3.63, 3.8) is 0 Å². The summed E-state index contributed by atoms with van der Waals surface area (Å²) < 4.78 is 18.1. The first-order valence-electron chi connectivity index (χ1n) is 16.8. The fourth-order valence-corrected chi connectivity index (χ4v) is 7.40. The lowest BCUT2D eigenvalue weighted by Crippen LogP contribution is -2.56. The van der Waals surface area contributed by atoms with Crippen LogP contribution in [0.1, 0.15) is 65.7 Å². The molecule has 1 saturated heterocycles. The second-order valence-corrected chi connectivity index (χ2v) is 14.8. The molecule has 5 heterocycles. The smallest absolute Gasteiger partial charge is 0.408 e. The van der Waals surface area contributed by atoms with Gasteiger partial charge in [-0.1, -0.05) is 31.1 Å². The molecule has 5 atom stereocenters. The molecule has 1 aliphatic carbocycles. The van der Waals surface area contributed by atoms with Crippen molar-refractivity contribution in [1.82, 2.24) is 25.5 Å². The normalized spacial score (nSPS) is 26.1. The number of nitrogens with one attached hydrogen (secondary N) is 2. The van der Waals surface area contributed by atoms with Crippen molar-refractivity contribution in [2.24, 2.45) is 5.92 Å². The third-order valence-corrected chi connectivity index (χ3v) is 10.00. The summed E-state index contributed by atoms with van der Waals surface area (Å²) in [6, 6.07) is 7.45. The van der Waals surface area contributed by atoms with Gasteiger partial charge in [0.1, 0.15) is 35.1 Å². The maximum Gasteiger partial charge on any atom is 0.408 e. The number of thiophene rings is 1. The zero-order valence-electron chi connectivity index (χ0n) is 28.3. The zero-order valence-corrected chi connectivity index (χ0v) is 29.1. The molecule has 3 aliphatic rings. The summed E-state index contributed by atoms with van der Waals surface area (Å²) >= 11 is 1.49. The quantitative estimate of drug-likeness (QED) is 0.273. The molecular weight excluding hydrogens is 646 g/mol. The highest BCUT2D eigenvalue weighted by Gasteiger charge is 2.62. The number of hydrogen-bond donors (Lipinski definition) is 2. The van der Waals surface area contributed by atoms with E-state index in [1.807, 2.05) is 47.9 Å². The molecule has 2 aliphatic heterocycles. The van der Waals surface area contributed by atoms with Gasteiger partial charge in [-0.15, -0.1) is 11.3 Å². The molecule has 0 bridgehead atoms. The highest BCUT2D eigenvalue weighted by Crippen LogP contribution is 2.46. The molecule has 1 saturated carbocycles. The summed E-state index contributed by atoms with van der Waals surface area (Å²) in [7, 11) is 1.30. The van der Waals surface area contributed by atoms with Crippen molar-refractivity contribution in [3.8, 4) is 17.1 Å². The molecule has 13 heteroatoms. The van der Waals surface area contributed by atoms with Crippen molar-refractivity contribution >= 4 is 45.4 Å². The Balaban J connectivity index is 1.32. The first-order valence-corrected chi connectivity index (χ1v) is 17.7. The van der Waals surface area contributed by atoms with Crippen molar-refractivity contribution in [3.05, 3.63) is 54.1 Å². The van der Waals surface area contributed by atoms with Crippen LogP contribution >= 0.6 is 11.3 Å². The number of ether oxygens (including phenoxy) is 3. The Morgan fingerprint density at radius 3 is 2.71 bits per heavy atom. The van der Waals surface area contributed by atoms with Gasteiger partial charge in [0.2, 0.25) is 11.8 Å². The van der Waals surface area contributed by atoms with Crippen molar-refractivity contribution in [2.75, 3.05) is 13.7 Å². The van der Waals surface area contributed by atoms with Crippen molar-refractivity contribution < 1.29 is 33.4 Å². The van der Waals surface area contributed by atoms with E-state index in [1.165, 1.54) is 23.3 Å². The number of aromatic nitrogens is 2. The maximum atomic E-state index is 14.4. The van der Waals surface area contributed by atoms with Crippen molar-refractivity contribution in [2.45, 2.75) is 95.0 Å². The van der Waals surface area contributed by atoms with Gasteiger partial charge >= 0.3 is 12.1 Å². The molecular formula is C36H43N5O7S. The van der Waals surface area contributed by atoms with Gasteiger partial charge in [-0.3, -0.25) is 14.6 Å². The number of methoxy groups -OCH3 is 1. The van der Waals surface area contributed by atoms with Crippen LogP contribution in [0.15, 0.2) is 54.1 Å². The summed E-state index contributed by atoms with van der Waals surface area (Å²) in [5.74, 6) is -1.04. The van der Waals surface area contributed by atoms with Crippen LogP contribution in [0.5, 0.6) is 5.75 Å². The predicted octanol–water partition coefficient (Wildman–Crippen LogP) is 5.17. The van der Waals surface area contributed by atoms with Gasteiger partial charge in [-0.25, -0.2) is 14.6 Å². The number of fused-ring (bicyclic) bond motifs is 3. The van der Waals surface area contributed by atoms with E-state index in [0.717, 1.165) is 29.5 Å². The lowest BCUT2D eigenvalue weighted by Gasteiger charge is -2.30. The van der Waals surface area contributed by atoms with E-state index in [4.69, 9.17) is 19.2 Å². The lowest BCUT2D eigenvalue weighted by atomic mass is 10.0. The second kappa shape index (κ2) is 14.1. The van der Waals surface area contributed by atoms with E-state index >= 15 is 0 Å². The fourth-order valence-electron chi connectivity index (χ4n) is 6.60. The molecule has 3 aromatic heterocycles. The number of rotatable bonds is 5. The summed E-state index contributed by atoms with van der Waals surface area (Å²) in [6.45, 7) is 5.36. The number of carbonyl (C=O) groups excluding carboxylic acids is 4. The van der Waals surface area contributed by atoms with E-state index in [9.17, 15) is 19.2 Å². The lowest BCUT2D eigenvalue weighted by molar-refractivity contribution is -0.148. The fraction of sp³-hybridized carbons (Fsp3) is 0.500. The Morgan fingerprint density at radius 2 is 1.96 bits per heavy atom. The number of hydrogen-bond acceptors (Lipinski definition) is 10. The van der Waals surface area contributed by atoms with Gasteiger partial charge in [0.25, 0.3) is 0 Å². The number of esters is 1. The zero-order chi connectivity index (χ0) is 34.8. The molecule has 12 nitrogen and oxygen atoms in total. The summed E-state index contributed by atoms with van der Waals surface area (Å²) in [5.41, 5.74) is 0.113. The molecule has 6 rings (SSSR count). The van der Waals surface area contributed by atoms with E-state index in [0.29, 0.717) is 36.4 Å². The summed E-state index contributed by atoms with van der Waals surface area (Å²) in [4.78, 5) is 65.2. The average Bonchev–Trinajstić information content (AvgIpc) is 3.36. The monoisotopic (exact) mass is 689 g/mol. The third-order valence-electron chi connectivity index (χ3n) is 9.08. The van der Waals surface area contributed by atoms with Crippen LogP contribution in [0.2, 0.25) is 0 Å². The number of carbonyl (C=O) groups is 4. The van der Waals surface area contributed by atoms with E-state index in [-0.39, 0.29) is 18.9 Å². The average molecular weight is 690 g/mol. The number of allylic oxidation sites excluding steroid dienone is 1. The van der Waals surface area contributed by atoms with Gasteiger partial charge in [0.15, 0.2) is 0 Å². The summed E-state index contributed by atoms with van der Waals surface area (Å²) in [5, 5.41) is 7.68. The first kappa shape index (κ1) is 34.3. The third kappa shape index (κ3) is 7.71. The highest BCUT2D eigenvalue weighted by molar-refractivity contribution is 7.17. The predicted molar refractivity (Wildman–Crippen MR) is 184 cm³/mol. The highest BCUT2D eigenvalue weighted by atomic mass is 32.1. The molecule has 3 aromatic rings. The van der Waals surface area contributed by atoms with Crippen LogP contribution in [0.25, 0.3) is 21.6 Å². The minimum atomic E-state index is -1.20. The number of nitrogens with zero attached hydrogens (tertiary/aromatic N) is 3. The van der Waals surface area contributed by atoms with Crippen LogP contribution in [-0.4, -0.2) is 81.7 Å². The molecule has 3 amide bonds. The minimum Gasteiger partial charge on any atom is -0.487 e. The maximum absolute atomic E-state index is 14.4. The van der Waals surface area contributed by atoms with E-state index in [2.05, 4.69) is 15.6 Å². The second-order valence-electron chi connectivity index (χ2n) is 13.9. The Bertz CT molecular complexity index is 1740. The first-order chi connectivity index (χ1) is 23.5. The molecule has 0 aromatic carbocycles. The van der Waals surface area contributed by atoms with Crippen LogP contribution in [0.3, 0.4) is 0 Å². The van der Waals surface area contributed by atoms with Crippen LogP contribution in [-0.2, 0) is 23.9 Å². The van der Waals surface area contributed by atoms with Crippen LogP contribution in [0.4, 0.5) is 4.79 Å². The molecule has 260 valence electrons. The van der Waals surface area contributed by atoms with Gasteiger partial charge in [0, 0.05) is 24.6 Å². The molecule has 2 fully saturated rings. The Morgan fingerprint density at radius 1 is 1.12 bits per heavy atom. The molecule has 2 N–H and O–H groups in total. The SMILES string of the molecule is COC(=O)[C@@]12C[C@H]1C=CCCCCC[C@H](NC(=O)OC(C)(C)C)C(=O)N1C[C@H](Oc3cc(-c4ccccn4)nc4ccsc34)C[C@H]1C(=O)N2. The molecule has 0 radical (unpaired) electrons. The molecule has 0 spiro atoms. The van der Waals surface area contributed by atoms with Gasteiger partial charge in [-0.2, -0.15) is 0 Å². The van der Waals surface area contributed by atoms with Crippen molar-refractivity contribution in [1.29, 1.82) is 0 Å². The molecule has 0 unspecified atom stereocenters. The summed E-state index contributed by atoms with van der Waals surface area (Å²) in [6.07, 6.45) is 8.57. The largest absolute Gasteiger partial charge is 0.487 e.